The van der Waals surface area contributed by atoms with Crippen molar-refractivity contribution < 1.29 is 19.7 Å². The van der Waals surface area contributed by atoms with Gasteiger partial charge in [-0.1, -0.05) is 42.5 Å². The summed E-state index contributed by atoms with van der Waals surface area (Å²) in [6, 6.07) is 17.6. The number of benzene rings is 2. The lowest BCUT2D eigenvalue weighted by atomic mass is 10.1. The molecule has 0 amide bonds. The molecule has 0 aromatic heterocycles. The van der Waals surface area contributed by atoms with Crippen LogP contribution in [0.1, 0.15) is 24.0 Å². The number of carboxylic acid groups (broad SMARTS) is 1. The van der Waals surface area contributed by atoms with Crippen molar-refractivity contribution in [3.63, 3.8) is 0 Å². The fourth-order valence-electron chi connectivity index (χ4n) is 2.13. The average Bonchev–Trinajstić information content (AvgIpc) is 2.52. The molecule has 0 spiro atoms. The molecule has 4 nitrogen and oxygen atoms in total. The van der Waals surface area contributed by atoms with Crippen molar-refractivity contribution >= 4 is 5.97 Å². The number of aryl methyl sites for hydroxylation is 1. The summed E-state index contributed by atoms with van der Waals surface area (Å²) in [5, 5.41) is 18.1. The first-order valence-corrected chi connectivity index (χ1v) is 7.29. The van der Waals surface area contributed by atoms with Crippen molar-refractivity contribution in [2.45, 2.75) is 32.0 Å². The van der Waals surface area contributed by atoms with Crippen molar-refractivity contribution in [1.29, 1.82) is 0 Å². The van der Waals surface area contributed by atoms with E-state index in [0.29, 0.717) is 19.4 Å². The molecule has 0 fully saturated rings. The van der Waals surface area contributed by atoms with Crippen LogP contribution in [0.25, 0.3) is 0 Å². The molecule has 4 heteroatoms. The van der Waals surface area contributed by atoms with Gasteiger partial charge in [-0.2, -0.15) is 0 Å². The second-order valence-electron chi connectivity index (χ2n) is 5.21. The van der Waals surface area contributed by atoms with Crippen molar-refractivity contribution in [3.05, 3.63) is 65.7 Å². The van der Waals surface area contributed by atoms with Crippen molar-refractivity contribution in [3.8, 4) is 5.75 Å². The Morgan fingerprint density at radius 1 is 1.00 bits per heavy atom. The molecule has 0 saturated carbocycles. The largest absolute Gasteiger partial charge is 0.489 e. The van der Waals surface area contributed by atoms with Gasteiger partial charge in [0.2, 0.25) is 0 Å². The van der Waals surface area contributed by atoms with Gasteiger partial charge in [-0.25, -0.2) is 0 Å². The molecule has 2 N–H and O–H groups in total. The predicted molar refractivity (Wildman–Crippen MR) is 83.8 cm³/mol. The van der Waals surface area contributed by atoms with Gasteiger partial charge in [0.1, 0.15) is 12.4 Å². The SMILES string of the molecule is O=C(O)C[C@H](O)CCc1ccc(OCc2ccccc2)cc1. The molecular formula is C18H20O4. The minimum absolute atomic E-state index is 0.210. The fourth-order valence-corrected chi connectivity index (χ4v) is 2.13. The molecule has 0 saturated heterocycles. The Kier molecular flexibility index (Phi) is 5.98. The number of aliphatic carboxylic acids is 1. The number of rotatable bonds is 8. The third kappa shape index (κ3) is 5.58. The molecule has 2 aromatic carbocycles. The van der Waals surface area contributed by atoms with Gasteiger partial charge in [0.15, 0.2) is 0 Å². The molecular weight excluding hydrogens is 280 g/mol. The number of hydrogen-bond acceptors (Lipinski definition) is 3. The highest BCUT2D eigenvalue weighted by Gasteiger charge is 2.09. The Morgan fingerprint density at radius 2 is 1.68 bits per heavy atom. The zero-order valence-electron chi connectivity index (χ0n) is 12.3. The number of carbonyl (C=O) groups is 1. The predicted octanol–water partition coefficient (Wildman–Crippen LogP) is 3.03. The van der Waals surface area contributed by atoms with Gasteiger partial charge in [0.05, 0.1) is 12.5 Å². The van der Waals surface area contributed by atoms with Crippen molar-refractivity contribution in [2.75, 3.05) is 0 Å². The summed E-state index contributed by atoms with van der Waals surface area (Å²) in [5.74, 6) is -0.184. The quantitative estimate of drug-likeness (QED) is 0.786. The second kappa shape index (κ2) is 8.20. The zero-order valence-corrected chi connectivity index (χ0v) is 12.3. The molecule has 0 bridgehead atoms. The van der Waals surface area contributed by atoms with E-state index in [4.69, 9.17) is 9.84 Å². The van der Waals surface area contributed by atoms with E-state index >= 15 is 0 Å². The van der Waals surface area contributed by atoms with Crippen molar-refractivity contribution in [2.24, 2.45) is 0 Å². The molecule has 0 heterocycles. The summed E-state index contributed by atoms with van der Waals surface area (Å²) in [5.41, 5.74) is 2.17. The molecule has 0 aliphatic rings. The molecule has 0 aliphatic carbocycles. The maximum atomic E-state index is 10.5. The molecule has 0 radical (unpaired) electrons. The molecule has 22 heavy (non-hydrogen) atoms. The first kappa shape index (κ1) is 16.0. The van der Waals surface area contributed by atoms with E-state index in [-0.39, 0.29) is 6.42 Å². The Bertz CT molecular complexity index is 578. The first-order valence-electron chi connectivity index (χ1n) is 7.29. The van der Waals surface area contributed by atoms with Crippen LogP contribution >= 0.6 is 0 Å². The number of aliphatic hydroxyl groups excluding tert-OH is 1. The molecule has 2 rings (SSSR count). The maximum Gasteiger partial charge on any atom is 0.305 e. The smallest absolute Gasteiger partial charge is 0.305 e. The van der Waals surface area contributed by atoms with E-state index in [0.717, 1.165) is 16.9 Å². The van der Waals surface area contributed by atoms with Crippen LogP contribution in [0.15, 0.2) is 54.6 Å². The summed E-state index contributed by atoms with van der Waals surface area (Å²) >= 11 is 0. The molecule has 0 unspecified atom stereocenters. The van der Waals surface area contributed by atoms with Gasteiger partial charge < -0.3 is 14.9 Å². The van der Waals surface area contributed by atoms with Gasteiger partial charge >= 0.3 is 5.97 Å². The summed E-state index contributed by atoms with van der Waals surface area (Å²) in [6.45, 7) is 0.525. The monoisotopic (exact) mass is 300 g/mol. The number of aliphatic hydroxyl groups is 1. The van der Waals surface area contributed by atoms with Gasteiger partial charge in [-0.3, -0.25) is 4.79 Å². The van der Waals surface area contributed by atoms with Crippen LogP contribution in [-0.2, 0) is 17.8 Å². The van der Waals surface area contributed by atoms with Gasteiger partial charge in [0.25, 0.3) is 0 Å². The van der Waals surface area contributed by atoms with E-state index in [2.05, 4.69) is 0 Å². The number of hydrogen-bond donors (Lipinski definition) is 2. The van der Waals surface area contributed by atoms with E-state index in [9.17, 15) is 9.90 Å². The fraction of sp³-hybridized carbons (Fsp3) is 0.278. The van der Waals surface area contributed by atoms with E-state index in [1.54, 1.807) is 0 Å². The molecule has 116 valence electrons. The van der Waals surface area contributed by atoms with Crippen LogP contribution in [0.4, 0.5) is 0 Å². The molecule has 1 atom stereocenters. The third-order valence-electron chi connectivity index (χ3n) is 3.35. The van der Waals surface area contributed by atoms with E-state index in [1.807, 2.05) is 54.6 Å². The van der Waals surface area contributed by atoms with Crippen LogP contribution in [0.2, 0.25) is 0 Å². The minimum atomic E-state index is -0.975. The van der Waals surface area contributed by atoms with Crippen LogP contribution in [-0.4, -0.2) is 22.3 Å². The summed E-state index contributed by atoms with van der Waals surface area (Å²) < 4.78 is 5.70. The van der Waals surface area contributed by atoms with E-state index in [1.165, 1.54) is 0 Å². The Morgan fingerprint density at radius 3 is 2.32 bits per heavy atom. The van der Waals surface area contributed by atoms with Gasteiger partial charge in [-0.15, -0.1) is 0 Å². The maximum absolute atomic E-state index is 10.5. The van der Waals surface area contributed by atoms with Crippen LogP contribution in [0.5, 0.6) is 5.75 Å². The third-order valence-corrected chi connectivity index (χ3v) is 3.35. The highest BCUT2D eigenvalue weighted by molar-refractivity contribution is 5.67. The number of ether oxygens (including phenoxy) is 1. The highest BCUT2D eigenvalue weighted by Crippen LogP contribution is 2.16. The van der Waals surface area contributed by atoms with Crippen molar-refractivity contribution in [1.82, 2.24) is 0 Å². The first-order chi connectivity index (χ1) is 10.6. The number of carboxylic acids is 1. The van der Waals surface area contributed by atoms with Crippen LogP contribution in [0.3, 0.4) is 0 Å². The molecule has 0 aliphatic heterocycles. The standard InChI is InChI=1S/C18H20O4/c19-16(12-18(20)21)9-6-14-7-10-17(11-8-14)22-13-15-4-2-1-3-5-15/h1-5,7-8,10-11,16,19H,6,9,12-13H2,(H,20,21)/t16-/m1/s1. The summed E-state index contributed by atoms with van der Waals surface area (Å²) in [4.78, 5) is 10.5. The van der Waals surface area contributed by atoms with Gasteiger partial charge in [0, 0.05) is 0 Å². The lowest BCUT2D eigenvalue weighted by Gasteiger charge is -2.09. The Hall–Kier alpha value is -2.33. The highest BCUT2D eigenvalue weighted by atomic mass is 16.5. The van der Waals surface area contributed by atoms with Crippen LogP contribution < -0.4 is 4.74 Å². The normalized spacial score (nSPS) is 11.9. The lowest BCUT2D eigenvalue weighted by Crippen LogP contribution is -2.13. The summed E-state index contributed by atoms with van der Waals surface area (Å²) in [7, 11) is 0. The Labute approximate surface area is 130 Å². The summed E-state index contributed by atoms with van der Waals surface area (Å²) in [6.07, 6.45) is 0.0777. The topological polar surface area (TPSA) is 66.8 Å². The zero-order chi connectivity index (χ0) is 15.8. The Balaban J connectivity index is 1.79. The van der Waals surface area contributed by atoms with Gasteiger partial charge in [-0.05, 0) is 36.1 Å². The van der Waals surface area contributed by atoms with Crippen LogP contribution in [0, 0.1) is 0 Å². The molecule has 2 aromatic rings. The van der Waals surface area contributed by atoms with E-state index < -0.39 is 12.1 Å². The minimum Gasteiger partial charge on any atom is -0.489 e. The second-order valence-corrected chi connectivity index (χ2v) is 5.21. The lowest BCUT2D eigenvalue weighted by molar-refractivity contribution is -0.139. The average molecular weight is 300 g/mol.